The number of carbonyl (C=O) groups is 1. The van der Waals surface area contributed by atoms with E-state index in [2.05, 4.69) is 9.97 Å². The lowest BCUT2D eigenvalue weighted by atomic mass is 10.3. The molecule has 0 radical (unpaired) electrons. The normalized spacial score (nSPS) is 13.6. The van der Waals surface area contributed by atoms with Crippen molar-refractivity contribution in [3.63, 3.8) is 0 Å². The average Bonchev–Trinajstić information content (AvgIpc) is 2.59. The highest BCUT2D eigenvalue weighted by atomic mass is 16.2. The second-order valence-corrected chi connectivity index (χ2v) is 3.91. The van der Waals surface area contributed by atoms with Gasteiger partial charge in [-0.3, -0.25) is 4.79 Å². The molecule has 0 N–H and O–H groups in total. The molecule has 1 aromatic heterocycles. The fraction of sp³-hybridized carbons (Fsp3) is 0.364. The molecule has 0 aromatic carbocycles. The fourth-order valence-corrected chi connectivity index (χ4v) is 1.59. The van der Waals surface area contributed by atoms with Gasteiger partial charge in [0.05, 0.1) is 12.2 Å². The van der Waals surface area contributed by atoms with Gasteiger partial charge in [-0.15, -0.1) is 0 Å². The van der Waals surface area contributed by atoms with Crippen LogP contribution in [-0.4, -0.2) is 20.8 Å². The van der Waals surface area contributed by atoms with Gasteiger partial charge in [-0.2, -0.15) is 0 Å². The maximum absolute atomic E-state index is 11.7. The highest BCUT2D eigenvalue weighted by Crippen LogP contribution is 2.19. The fourth-order valence-electron chi connectivity index (χ4n) is 1.59. The van der Waals surface area contributed by atoms with E-state index in [0.717, 1.165) is 16.8 Å². The summed E-state index contributed by atoms with van der Waals surface area (Å²) < 4.78 is 0. The van der Waals surface area contributed by atoms with Gasteiger partial charge in [0.15, 0.2) is 0 Å². The first-order valence-corrected chi connectivity index (χ1v) is 4.88. The summed E-state index contributed by atoms with van der Waals surface area (Å²) in [5, 5.41) is 0. The second kappa shape index (κ2) is 3.81. The highest BCUT2D eigenvalue weighted by molar-refractivity contribution is 5.88. The van der Waals surface area contributed by atoms with Gasteiger partial charge in [0.2, 0.25) is 5.91 Å². The zero-order chi connectivity index (χ0) is 10.8. The lowest BCUT2D eigenvalue weighted by Gasteiger charge is -2.12. The molecule has 4 nitrogen and oxygen atoms in total. The Balaban J connectivity index is 2.14. The van der Waals surface area contributed by atoms with Crippen LogP contribution in [0, 0.1) is 0 Å². The Morgan fingerprint density at radius 3 is 2.93 bits per heavy atom. The van der Waals surface area contributed by atoms with E-state index in [4.69, 9.17) is 0 Å². The molecule has 0 saturated heterocycles. The first kappa shape index (κ1) is 9.83. The van der Waals surface area contributed by atoms with E-state index in [-0.39, 0.29) is 5.91 Å². The molecule has 2 heterocycles. The third kappa shape index (κ3) is 2.03. The average molecular weight is 203 g/mol. The van der Waals surface area contributed by atoms with Gasteiger partial charge >= 0.3 is 0 Å². The lowest BCUT2D eigenvalue weighted by Crippen LogP contribution is -2.23. The van der Waals surface area contributed by atoms with E-state index in [0.29, 0.717) is 13.1 Å². The third-order valence-corrected chi connectivity index (χ3v) is 2.31. The molecule has 78 valence electrons. The van der Waals surface area contributed by atoms with Crippen LogP contribution in [0.2, 0.25) is 0 Å². The number of rotatable bonds is 1. The molecule has 1 aliphatic rings. The summed E-state index contributed by atoms with van der Waals surface area (Å²) in [7, 11) is 0. The van der Waals surface area contributed by atoms with Crippen LogP contribution in [0.3, 0.4) is 0 Å². The number of hydrogen-bond donors (Lipinski definition) is 0. The van der Waals surface area contributed by atoms with Gasteiger partial charge < -0.3 is 4.90 Å². The highest BCUT2D eigenvalue weighted by Gasteiger charge is 2.22. The Hall–Kier alpha value is -1.71. The summed E-state index contributed by atoms with van der Waals surface area (Å²) in [4.78, 5) is 21.6. The quantitative estimate of drug-likeness (QED) is 0.646. The Bertz CT molecular complexity index is 397. The van der Waals surface area contributed by atoms with E-state index in [1.165, 1.54) is 6.33 Å². The molecule has 1 amide bonds. The number of carbonyl (C=O) groups excluding carboxylic acids is 1. The number of nitrogens with zero attached hydrogens (tertiary/aromatic N) is 3. The molecule has 0 saturated carbocycles. The Labute approximate surface area is 88.7 Å². The van der Waals surface area contributed by atoms with Gasteiger partial charge in [-0.05, 0) is 13.8 Å². The molecule has 4 heteroatoms. The molecule has 0 fully saturated rings. The van der Waals surface area contributed by atoms with Crippen molar-refractivity contribution in [2.24, 2.45) is 0 Å². The summed E-state index contributed by atoms with van der Waals surface area (Å²) in [6.45, 7) is 5.06. The molecular weight excluding hydrogens is 190 g/mol. The summed E-state index contributed by atoms with van der Waals surface area (Å²) in [5.41, 5.74) is 3.02. The lowest BCUT2D eigenvalue weighted by molar-refractivity contribution is -0.126. The second-order valence-electron chi connectivity index (χ2n) is 3.91. The molecule has 1 aliphatic heterocycles. The van der Waals surface area contributed by atoms with E-state index in [9.17, 15) is 4.79 Å². The van der Waals surface area contributed by atoms with E-state index in [1.807, 2.05) is 13.8 Å². The predicted octanol–water partition coefficient (Wildman–Crippen LogP) is 1.29. The Morgan fingerprint density at radius 1 is 1.47 bits per heavy atom. The summed E-state index contributed by atoms with van der Waals surface area (Å²) in [6.07, 6.45) is 4.95. The van der Waals surface area contributed by atoms with Gasteiger partial charge in [-0.25, -0.2) is 9.97 Å². The van der Waals surface area contributed by atoms with Crippen LogP contribution in [-0.2, 0) is 17.9 Å². The summed E-state index contributed by atoms with van der Waals surface area (Å²) >= 11 is 0. The smallest absolute Gasteiger partial charge is 0.247 e. The largest absolute Gasteiger partial charge is 0.329 e. The van der Waals surface area contributed by atoms with Crippen LogP contribution in [0.4, 0.5) is 0 Å². The van der Waals surface area contributed by atoms with Crippen molar-refractivity contribution in [3.8, 4) is 0 Å². The third-order valence-electron chi connectivity index (χ3n) is 2.31. The number of allylic oxidation sites excluding steroid dienone is 1. The van der Waals surface area contributed by atoms with Gasteiger partial charge in [0.25, 0.3) is 0 Å². The van der Waals surface area contributed by atoms with Crippen molar-refractivity contribution in [1.29, 1.82) is 0 Å². The zero-order valence-electron chi connectivity index (χ0n) is 8.90. The predicted molar refractivity (Wildman–Crippen MR) is 55.7 cm³/mol. The molecule has 15 heavy (non-hydrogen) atoms. The molecule has 2 rings (SSSR count). The van der Waals surface area contributed by atoms with Crippen molar-refractivity contribution in [3.05, 3.63) is 35.4 Å². The van der Waals surface area contributed by atoms with Crippen molar-refractivity contribution in [1.82, 2.24) is 14.9 Å². The van der Waals surface area contributed by atoms with Crippen molar-refractivity contribution >= 4 is 5.91 Å². The topological polar surface area (TPSA) is 46.1 Å². The standard InChI is InChI=1S/C11H13N3O/c1-8(2)3-11(15)14-5-9-4-12-7-13-10(9)6-14/h3-4,7H,5-6H2,1-2H3. The molecule has 0 unspecified atom stereocenters. The molecule has 0 atom stereocenters. The molecule has 0 aliphatic carbocycles. The van der Waals surface area contributed by atoms with Crippen molar-refractivity contribution < 1.29 is 4.79 Å². The number of fused-ring (bicyclic) bond motifs is 1. The molecule has 1 aromatic rings. The van der Waals surface area contributed by atoms with Crippen LogP contribution < -0.4 is 0 Å². The number of amides is 1. The van der Waals surface area contributed by atoms with Crippen LogP contribution in [0.15, 0.2) is 24.2 Å². The van der Waals surface area contributed by atoms with Crippen LogP contribution in [0.1, 0.15) is 25.1 Å². The van der Waals surface area contributed by atoms with Crippen LogP contribution in [0.5, 0.6) is 0 Å². The van der Waals surface area contributed by atoms with Gasteiger partial charge in [0.1, 0.15) is 6.33 Å². The minimum absolute atomic E-state index is 0.0491. The van der Waals surface area contributed by atoms with Crippen LogP contribution >= 0.6 is 0 Å². The van der Waals surface area contributed by atoms with Crippen molar-refractivity contribution in [2.45, 2.75) is 26.9 Å². The Morgan fingerprint density at radius 2 is 2.27 bits per heavy atom. The molecule has 0 bridgehead atoms. The molecule has 0 spiro atoms. The van der Waals surface area contributed by atoms with Crippen molar-refractivity contribution in [2.75, 3.05) is 0 Å². The summed E-state index contributed by atoms with van der Waals surface area (Å²) in [5.74, 6) is 0.0491. The van der Waals surface area contributed by atoms with E-state index < -0.39 is 0 Å². The first-order valence-electron chi connectivity index (χ1n) is 4.88. The first-order chi connectivity index (χ1) is 7.16. The van der Waals surface area contributed by atoms with Crippen LogP contribution in [0.25, 0.3) is 0 Å². The van der Waals surface area contributed by atoms with E-state index >= 15 is 0 Å². The minimum Gasteiger partial charge on any atom is -0.329 e. The van der Waals surface area contributed by atoms with Gasteiger partial charge in [-0.1, -0.05) is 5.57 Å². The minimum atomic E-state index is 0.0491. The maximum Gasteiger partial charge on any atom is 0.247 e. The van der Waals surface area contributed by atoms with Gasteiger partial charge in [0, 0.05) is 24.4 Å². The molecular formula is C11H13N3O. The zero-order valence-corrected chi connectivity index (χ0v) is 8.90. The summed E-state index contributed by atoms with van der Waals surface area (Å²) in [6, 6.07) is 0. The maximum atomic E-state index is 11.7. The SMILES string of the molecule is CC(C)=CC(=O)N1Cc2cncnc2C1. The van der Waals surface area contributed by atoms with E-state index in [1.54, 1.807) is 17.2 Å². The number of aromatic nitrogens is 2. The Kier molecular flexibility index (Phi) is 2.49. The number of hydrogen-bond acceptors (Lipinski definition) is 3. The monoisotopic (exact) mass is 203 g/mol.